The summed E-state index contributed by atoms with van der Waals surface area (Å²) in [5.74, 6) is -0.832. The predicted molar refractivity (Wildman–Crippen MR) is 325 cm³/mol. The van der Waals surface area contributed by atoms with Crippen LogP contribution in [0, 0.1) is 0 Å². The molecule has 76 heavy (non-hydrogen) atoms. The molecule has 0 aromatic heterocycles. The molecule has 10 heteroatoms. The second kappa shape index (κ2) is 60.6. The first kappa shape index (κ1) is 72.4. The van der Waals surface area contributed by atoms with E-state index in [4.69, 9.17) is 24.3 Å². The molecular weight excluding hydrogens is 966 g/mol. The molecule has 0 fully saturated rings. The summed E-state index contributed by atoms with van der Waals surface area (Å²) >= 11 is 0. The number of rotatable bonds is 56. The number of hydrogen-bond acceptors (Lipinski definition) is 8. The van der Waals surface area contributed by atoms with Gasteiger partial charge in [-0.1, -0.05) is 270 Å². The summed E-state index contributed by atoms with van der Waals surface area (Å²) in [6.45, 7) is 3.63. The van der Waals surface area contributed by atoms with E-state index in [9.17, 15) is 19.0 Å². The Labute approximate surface area is 466 Å². The average molecular weight is 1080 g/mol. The fraction of sp³-hybridized carbons (Fsp3) is 0.667. The SMILES string of the molecule is CC/C=C\C/C=C\C/C=C\C/C=C\C/C=C\C/C=C\C/C=C\C/C=C\C/C=C\C/C=C\CCCCCCCCCCCCC(=O)OC(COC(=O)CCCCCCCCCCCCCCCC)COP(=O)(O)OCCN. The number of carbonyl (C=O) groups excluding carboxylic acids is 2. The van der Waals surface area contributed by atoms with Gasteiger partial charge in [-0.2, -0.15) is 0 Å². The van der Waals surface area contributed by atoms with Crippen molar-refractivity contribution in [1.82, 2.24) is 0 Å². The first-order chi connectivity index (χ1) is 37.3. The van der Waals surface area contributed by atoms with Crippen LogP contribution in [-0.4, -0.2) is 49.3 Å². The fourth-order valence-corrected chi connectivity index (χ4v) is 8.90. The highest BCUT2D eigenvalue weighted by atomic mass is 31.2. The van der Waals surface area contributed by atoms with Gasteiger partial charge in [0.25, 0.3) is 0 Å². The van der Waals surface area contributed by atoms with E-state index in [-0.39, 0.29) is 38.6 Å². The number of allylic oxidation sites excluding steroid dienone is 20. The normalized spacial score (nSPS) is 13.9. The topological polar surface area (TPSA) is 134 Å². The zero-order valence-electron chi connectivity index (χ0n) is 48.4. The van der Waals surface area contributed by atoms with Crippen LogP contribution in [0.2, 0.25) is 0 Å². The number of phosphoric acid groups is 1. The number of phosphoric ester groups is 1. The Hall–Kier alpha value is -3.59. The second-order valence-corrected chi connectivity index (χ2v) is 21.3. The molecular formula is C66H112NO8P. The van der Waals surface area contributed by atoms with E-state index in [1.807, 2.05) is 0 Å². The van der Waals surface area contributed by atoms with Gasteiger partial charge in [-0.3, -0.25) is 18.6 Å². The van der Waals surface area contributed by atoms with Crippen LogP contribution in [0.1, 0.15) is 251 Å². The Balaban J connectivity index is 3.93. The van der Waals surface area contributed by atoms with Crippen molar-refractivity contribution in [1.29, 1.82) is 0 Å². The molecule has 434 valence electrons. The lowest BCUT2D eigenvalue weighted by molar-refractivity contribution is -0.161. The minimum Gasteiger partial charge on any atom is -0.462 e. The average Bonchev–Trinajstić information content (AvgIpc) is 3.41. The standard InChI is InChI=1S/C66H112NO8P/c1-3-5-7-9-11-13-15-17-19-20-21-22-23-24-25-26-27-28-29-30-31-32-33-34-35-36-37-38-39-40-41-42-43-44-45-47-49-51-53-55-57-59-66(69)75-64(63-74-76(70,71)73-61-60-67)62-72-65(68)58-56-54-52-50-48-46-18-16-14-12-10-8-6-4-2/h5,7,11,13,17,19,21-22,24-25,27-28,30-31,33-34,36-37,39-40,64H,3-4,6,8-10,12,14-16,18,20,23,26,29,32,35,38,41-63,67H2,1-2H3,(H,70,71)/b7-5-,13-11-,19-17-,22-21-,25-24-,28-27-,31-30-,34-33-,37-36-,40-39-. The summed E-state index contributed by atoms with van der Waals surface area (Å²) < 4.78 is 33.0. The van der Waals surface area contributed by atoms with Crippen LogP contribution in [0.4, 0.5) is 0 Å². The quantitative estimate of drug-likeness (QED) is 0.0264. The molecule has 0 bridgehead atoms. The van der Waals surface area contributed by atoms with Gasteiger partial charge in [0.2, 0.25) is 0 Å². The Morgan fingerprint density at radius 1 is 0.408 bits per heavy atom. The molecule has 0 spiro atoms. The maximum atomic E-state index is 12.7. The molecule has 2 atom stereocenters. The molecule has 0 aliphatic heterocycles. The van der Waals surface area contributed by atoms with Crippen molar-refractivity contribution in [2.45, 2.75) is 258 Å². The molecule has 0 rings (SSSR count). The van der Waals surface area contributed by atoms with Crippen LogP contribution in [0.15, 0.2) is 122 Å². The summed E-state index contributed by atoms with van der Waals surface area (Å²) in [5, 5.41) is 0. The van der Waals surface area contributed by atoms with Gasteiger partial charge in [0.15, 0.2) is 6.10 Å². The van der Waals surface area contributed by atoms with Crippen LogP contribution in [-0.2, 0) is 32.7 Å². The van der Waals surface area contributed by atoms with E-state index in [1.54, 1.807) is 0 Å². The van der Waals surface area contributed by atoms with Crippen molar-refractivity contribution < 1.29 is 37.6 Å². The Morgan fingerprint density at radius 2 is 0.724 bits per heavy atom. The first-order valence-corrected chi connectivity index (χ1v) is 32.0. The third-order valence-corrected chi connectivity index (χ3v) is 13.6. The van der Waals surface area contributed by atoms with Crippen molar-refractivity contribution in [3.63, 3.8) is 0 Å². The molecule has 9 nitrogen and oxygen atoms in total. The Morgan fingerprint density at radius 3 is 1.08 bits per heavy atom. The van der Waals surface area contributed by atoms with Crippen molar-refractivity contribution >= 4 is 19.8 Å². The van der Waals surface area contributed by atoms with E-state index in [0.717, 1.165) is 109 Å². The molecule has 2 unspecified atom stereocenters. The molecule has 0 aliphatic carbocycles. The third kappa shape index (κ3) is 59.7. The van der Waals surface area contributed by atoms with Crippen molar-refractivity contribution in [2.75, 3.05) is 26.4 Å². The number of hydrogen-bond donors (Lipinski definition) is 2. The van der Waals surface area contributed by atoms with Crippen molar-refractivity contribution in [3.05, 3.63) is 122 Å². The summed E-state index contributed by atoms with van der Waals surface area (Å²) in [4.78, 5) is 35.1. The van der Waals surface area contributed by atoms with Crippen LogP contribution < -0.4 is 5.73 Å². The van der Waals surface area contributed by atoms with E-state index in [2.05, 4.69) is 135 Å². The second-order valence-electron chi connectivity index (χ2n) is 19.8. The highest BCUT2D eigenvalue weighted by molar-refractivity contribution is 7.47. The summed E-state index contributed by atoms with van der Waals surface area (Å²) in [6, 6.07) is 0. The van der Waals surface area contributed by atoms with Gasteiger partial charge in [0.05, 0.1) is 13.2 Å². The lowest BCUT2D eigenvalue weighted by atomic mass is 10.0. The molecule has 0 heterocycles. The summed E-state index contributed by atoms with van der Waals surface area (Å²) in [6.07, 6.45) is 84.1. The highest BCUT2D eigenvalue weighted by Gasteiger charge is 2.26. The first-order valence-electron chi connectivity index (χ1n) is 30.5. The van der Waals surface area contributed by atoms with Crippen LogP contribution >= 0.6 is 7.82 Å². The van der Waals surface area contributed by atoms with Gasteiger partial charge >= 0.3 is 19.8 Å². The molecule has 0 aliphatic rings. The van der Waals surface area contributed by atoms with E-state index >= 15 is 0 Å². The van der Waals surface area contributed by atoms with Crippen LogP contribution in [0.3, 0.4) is 0 Å². The lowest BCUT2D eigenvalue weighted by Gasteiger charge is -2.19. The largest absolute Gasteiger partial charge is 0.472 e. The van der Waals surface area contributed by atoms with Crippen LogP contribution in [0.5, 0.6) is 0 Å². The predicted octanol–water partition coefficient (Wildman–Crippen LogP) is 19.6. The number of ether oxygens (including phenoxy) is 2. The highest BCUT2D eigenvalue weighted by Crippen LogP contribution is 2.43. The number of esters is 2. The lowest BCUT2D eigenvalue weighted by Crippen LogP contribution is -2.29. The molecule has 0 amide bonds. The van der Waals surface area contributed by atoms with Gasteiger partial charge < -0.3 is 20.1 Å². The van der Waals surface area contributed by atoms with Gasteiger partial charge in [-0.25, -0.2) is 4.57 Å². The van der Waals surface area contributed by atoms with Gasteiger partial charge in [0, 0.05) is 19.4 Å². The number of unbranched alkanes of at least 4 members (excludes halogenated alkanes) is 23. The van der Waals surface area contributed by atoms with Crippen molar-refractivity contribution in [3.8, 4) is 0 Å². The molecule has 0 aromatic carbocycles. The maximum absolute atomic E-state index is 12.7. The summed E-state index contributed by atoms with van der Waals surface area (Å²) in [5.41, 5.74) is 5.38. The smallest absolute Gasteiger partial charge is 0.462 e. The zero-order chi connectivity index (χ0) is 55.2. The molecule has 3 N–H and O–H groups in total. The Kier molecular flexibility index (Phi) is 57.8. The van der Waals surface area contributed by atoms with E-state index < -0.39 is 26.5 Å². The third-order valence-electron chi connectivity index (χ3n) is 12.6. The molecule has 0 saturated heterocycles. The monoisotopic (exact) mass is 1080 g/mol. The number of nitrogens with two attached hydrogens (primary N) is 1. The Bertz CT molecular complexity index is 1660. The van der Waals surface area contributed by atoms with Gasteiger partial charge in [-0.05, 0) is 89.9 Å². The molecule has 0 saturated carbocycles. The van der Waals surface area contributed by atoms with E-state index in [0.29, 0.717) is 6.42 Å². The molecule has 0 radical (unpaired) electrons. The minimum atomic E-state index is -4.39. The zero-order valence-corrected chi connectivity index (χ0v) is 49.3. The van der Waals surface area contributed by atoms with Crippen molar-refractivity contribution in [2.24, 2.45) is 5.73 Å². The van der Waals surface area contributed by atoms with Gasteiger partial charge in [-0.15, -0.1) is 0 Å². The fourth-order valence-electron chi connectivity index (χ4n) is 8.13. The number of carbonyl (C=O) groups is 2. The van der Waals surface area contributed by atoms with Gasteiger partial charge in [0.1, 0.15) is 6.61 Å². The van der Waals surface area contributed by atoms with Crippen LogP contribution in [0.25, 0.3) is 0 Å². The maximum Gasteiger partial charge on any atom is 0.472 e. The van der Waals surface area contributed by atoms with E-state index in [1.165, 1.54) is 109 Å². The minimum absolute atomic E-state index is 0.0492. The molecule has 0 aromatic rings. The summed E-state index contributed by atoms with van der Waals surface area (Å²) in [7, 11) is -4.39.